The predicted molar refractivity (Wildman–Crippen MR) is 50.9 cm³/mol. The molecule has 8 heteroatoms. The molecule has 1 rings (SSSR count). The molecule has 0 aromatic heterocycles. The Morgan fingerprint density at radius 2 is 1.33 bits per heavy atom. The number of halogens is 6. The molecule has 1 aromatic rings. The number of anilines is 1. The molecule has 0 bridgehead atoms. The Hall–Kier alpha value is -1.73. The summed E-state index contributed by atoms with van der Waals surface area (Å²) in [7, 11) is 0. The van der Waals surface area contributed by atoms with Crippen LogP contribution in [0, 0.1) is 0 Å². The fraction of sp³-hybridized carbons (Fsp3) is 0.300. The van der Waals surface area contributed by atoms with Gasteiger partial charge >= 0.3 is 12.4 Å². The highest BCUT2D eigenvalue weighted by Crippen LogP contribution is 2.41. The Morgan fingerprint density at radius 1 is 1.00 bits per heavy atom. The summed E-state index contributed by atoms with van der Waals surface area (Å²) in [6, 6.07) is 0.625. The number of nitrogens with two attached hydrogens (primary N) is 1. The standard InChI is InChI=1S/C10H7F6NO/c1-4(18)5-2-6(9(11,12)13)8(17)7(3-5)10(14,15)16/h2-3H,17H2,1H3. The van der Waals surface area contributed by atoms with Gasteiger partial charge in [0.05, 0.1) is 16.8 Å². The molecule has 0 atom stereocenters. The van der Waals surface area contributed by atoms with Gasteiger partial charge in [0.2, 0.25) is 0 Å². The summed E-state index contributed by atoms with van der Waals surface area (Å²) in [6.45, 7) is 0.867. The average Bonchev–Trinajstić information content (AvgIpc) is 2.13. The third-order valence-corrected chi connectivity index (χ3v) is 2.20. The van der Waals surface area contributed by atoms with E-state index in [1.807, 2.05) is 0 Å². The van der Waals surface area contributed by atoms with Gasteiger partial charge in [-0.3, -0.25) is 4.79 Å². The van der Waals surface area contributed by atoms with E-state index in [1.165, 1.54) is 0 Å². The Morgan fingerprint density at radius 3 is 1.56 bits per heavy atom. The van der Waals surface area contributed by atoms with Crippen molar-refractivity contribution >= 4 is 11.5 Å². The molecule has 0 radical (unpaired) electrons. The summed E-state index contributed by atoms with van der Waals surface area (Å²) in [5, 5.41) is 0. The number of nitrogen functional groups attached to an aromatic ring is 1. The average molecular weight is 271 g/mol. The van der Waals surface area contributed by atoms with Crippen LogP contribution in [0.4, 0.5) is 32.0 Å². The maximum absolute atomic E-state index is 12.5. The fourth-order valence-electron chi connectivity index (χ4n) is 1.33. The zero-order chi connectivity index (χ0) is 14.3. The third kappa shape index (κ3) is 2.74. The number of benzene rings is 1. The number of carbonyl (C=O) groups is 1. The zero-order valence-corrected chi connectivity index (χ0v) is 8.91. The number of hydrogen-bond donors (Lipinski definition) is 1. The molecule has 0 spiro atoms. The van der Waals surface area contributed by atoms with E-state index in [4.69, 9.17) is 5.73 Å². The first kappa shape index (κ1) is 14.3. The van der Waals surface area contributed by atoms with Crippen molar-refractivity contribution in [2.24, 2.45) is 0 Å². The largest absolute Gasteiger partial charge is 0.418 e. The van der Waals surface area contributed by atoms with Gasteiger partial charge in [-0.2, -0.15) is 26.3 Å². The molecular formula is C10H7F6NO. The van der Waals surface area contributed by atoms with Crippen molar-refractivity contribution in [3.63, 3.8) is 0 Å². The Balaban J connectivity index is 3.64. The van der Waals surface area contributed by atoms with Gasteiger partial charge in [0, 0.05) is 5.56 Å². The minimum atomic E-state index is -5.06. The second kappa shape index (κ2) is 4.18. The topological polar surface area (TPSA) is 43.1 Å². The van der Waals surface area contributed by atoms with Crippen LogP contribution in [0.15, 0.2) is 12.1 Å². The lowest BCUT2D eigenvalue weighted by Crippen LogP contribution is -2.17. The lowest BCUT2D eigenvalue weighted by atomic mass is 10.00. The van der Waals surface area contributed by atoms with E-state index >= 15 is 0 Å². The Labute approximate surface area is 97.4 Å². The summed E-state index contributed by atoms with van der Waals surface area (Å²) < 4.78 is 75.0. The van der Waals surface area contributed by atoms with Crippen molar-refractivity contribution in [1.82, 2.24) is 0 Å². The van der Waals surface area contributed by atoms with Gasteiger partial charge in [0.1, 0.15) is 0 Å². The van der Waals surface area contributed by atoms with Crippen LogP contribution in [-0.4, -0.2) is 5.78 Å². The van der Waals surface area contributed by atoms with E-state index < -0.39 is 40.5 Å². The van der Waals surface area contributed by atoms with E-state index in [0.29, 0.717) is 12.1 Å². The normalized spacial score (nSPS) is 12.6. The minimum absolute atomic E-state index is 0.312. The van der Waals surface area contributed by atoms with Crippen LogP contribution in [0.3, 0.4) is 0 Å². The smallest absolute Gasteiger partial charge is 0.398 e. The number of hydrogen-bond acceptors (Lipinski definition) is 2. The van der Waals surface area contributed by atoms with E-state index in [-0.39, 0.29) is 0 Å². The van der Waals surface area contributed by atoms with E-state index in [0.717, 1.165) is 6.92 Å². The minimum Gasteiger partial charge on any atom is -0.398 e. The molecule has 0 heterocycles. The molecule has 0 fully saturated rings. The summed E-state index contributed by atoms with van der Waals surface area (Å²) in [5.74, 6) is -0.911. The van der Waals surface area contributed by atoms with Crippen LogP contribution in [0.1, 0.15) is 28.4 Å². The maximum atomic E-state index is 12.5. The van der Waals surface area contributed by atoms with Crippen LogP contribution in [-0.2, 0) is 12.4 Å². The second-order valence-corrected chi connectivity index (χ2v) is 3.54. The molecule has 2 nitrogen and oxygen atoms in total. The van der Waals surface area contributed by atoms with Gasteiger partial charge in [-0.25, -0.2) is 0 Å². The van der Waals surface area contributed by atoms with Crippen LogP contribution < -0.4 is 5.73 Å². The lowest BCUT2D eigenvalue weighted by Gasteiger charge is -2.17. The molecule has 0 aliphatic carbocycles. The van der Waals surface area contributed by atoms with Crippen LogP contribution in [0.5, 0.6) is 0 Å². The number of rotatable bonds is 1. The molecular weight excluding hydrogens is 264 g/mol. The summed E-state index contributed by atoms with van der Waals surface area (Å²) in [6.07, 6.45) is -10.1. The third-order valence-electron chi connectivity index (χ3n) is 2.20. The molecule has 0 aliphatic heterocycles. The first-order valence-electron chi connectivity index (χ1n) is 4.53. The van der Waals surface area contributed by atoms with Crippen molar-refractivity contribution in [2.75, 3.05) is 5.73 Å². The Bertz CT molecular complexity index is 453. The number of carbonyl (C=O) groups excluding carboxylic acids is 1. The number of ketones is 1. The van der Waals surface area contributed by atoms with Crippen molar-refractivity contribution in [2.45, 2.75) is 19.3 Å². The van der Waals surface area contributed by atoms with Gasteiger partial charge < -0.3 is 5.73 Å². The number of alkyl halides is 6. The van der Waals surface area contributed by atoms with Gasteiger partial charge in [-0.1, -0.05) is 0 Å². The van der Waals surface area contributed by atoms with Crippen molar-refractivity contribution < 1.29 is 31.1 Å². The van der Waals surface area contributed by atoms with Crippen molar-refractivity contribution in [1.29, 1.82) is 0 Å². The van der Waals surface area contributed by atoms with Crippen LogP contribution >= 0.6 is 0 Å². The predicted octanol–water partition coefficient (Wildman–Crippen LogP) is 3.51. The van der Waals surface area contributed by atoms with Gasteiger partial charge in [0.15, 0.2) is 5.78 Å². The monoisotopic (exact) mass is 271 g/mol. The second-order valence-electron chi connectivity index (χ2n) is 3.54. The highest BCUT2D eigenvalue weighted by atomic mass is 19.4. The first-order chi connectivity index (χ1) is 7.94. The fourth-order valence-corrected chi connectivity index (χ4v) is 1.33. The summed E-state index contributed by atoms with van der Waals surface area (Å²) >= 11 is 0. The quantitative estimate of drug-likeness (QED) is 0.482. The molecule has 0 unspecified atom stereocenters. The molecule has 0 saturated carbocycles. The van der Waals surface area contributed by atoms with Crippen molar-refractivity contribution in [3.05, 3.63) is 28.8 Å². The maximum Gasteiger partial charge on any atom is 0.418 e. The summed E-state index contributed by atoms with van der Waals surface area (Å²) in [4.78, 5) is 10.9. The first-order valence-corrected chi connectivity index (χ1v) is 4.53. The van der Waals surface area contributed by atoms with Crippen molar-refractivity contribution in [3.8, 4) is 0 Å². The molecule has 0 aliphatic rings. The highest BCUT2D eigenvalue weighted by Gasteiger charge is 2.40. The van der Waals surface area contributed by atoms with Gasteiger partial charge in [-0.05, 0) is 19.1 Å². The molecule has 0 amide bonds. The number of Topliss-reactive ketones (excluding diaryl/α,β-unsaturated/α-hetero) is 1. The molecule has 18 heavy (non-hydrogen) atoms. The van der Waals surface area contributed by atoms with Crippen LogP contribution in [0.25, 0.3) is 0 Å². The highest BCUT2D eigenvalue weighted by molar-refractivity contribution is 5.95. The molecule has 1 aromatic carbocycles. The molecule has 0 saturated heterocycles. The van der Waals surface area contributed by atoms with E-state index in [2.05, 4.69) is 0 Å². The summed E-state index contributed by atoms with van der Waals surface area (Å²) in [5.41, 5.74) is -0.577. The lowest BCUT2D eigenvalue weighted by molar-refractivity contribution is -0.141. The zero-order valence-electron chi connectivity index (χ0n) is 8.91. The molecule has 100 valence electrons. The van der Waals surface area contributed by atoms with Gasteiger partial charge in [-0.15, -0.1) is 0 Å². The van der Waals surface area contributed by atoms with Crippen LogP contribution in [0.2, 0.25) is 0 Å². The molecule has 2 N–H and O–H groups in total. The van der Waals surface area contributed by atoms with E-state index in [9.17, 15) is 31.1 Å². The van der Waals surface area contributed by atoms with E-state index in [1.54, 1.807) is 0 Å². The van der Waals surface area contributed by atoms with Gasteiger partial charge in [0.25, 0.3) is 0 Å². The SMILES string of the molecule is CC(=O)c1cc(C(F)(F)F)c(N)c(C(F)(F)F)c1. The Kier molecular flexibility index (Phi) is 3.33.